The second-order valence-electron chi connectivity index (χ2n) is 6.34. The fraction of sp³-hybridized carbons (Fsp3) is 0.571. The lowest BCUT2D eigenvalue weighted by atomic mass is 9.75. The van der Waals surface area contributed by atoms with Crippen LogP contribution in [-0.2, 0) is 9.31 Å². The SMILES string of the molecule is Cc1cc([N+](=O)[O-])c(C)cc1B1OC(C)(C)C(C)(C)O1. The summed E-state index contributed by atoms with van der Waals surface area (Å²) in [5.41, 5.74) is 1.57. The summed E-state index contributed by atoms with van der Waals surface area (Å²) in [7, 11) is -0.487. The van der Waals surface area contributed by atoms with Crippen LogP contribution in [0.2, 0.25) is 0 Å². The average molecular weight is 277 g/mol. The van der Waals surface area contributed by atoms with Crippen molar-refractivity contribution in [2.75, 3.05) is 0 Å². The van der Waals surface area contributed by atoms with Crippen molar-refractivity contribution in [3.05, 3.63) is 33.4 Å². The smallest absolute Gasteiger partial charge is 0.399 e. The number of rotatable bonds is 2. The second-order valence-corrected chi connectivity index (χ2v) is 6.34. The summed E-state index contributed by atoms with van der Waals surface area (Å²) in [5.74, 6) is 0. The van der Waals surface area contributed by atoms with E-state index in [0.29, 0.717) is 5.56 Å². The van der Waals surface area contributed by atoms with E-state index in [-0.39, 0.29) is 10.6 Å². The van der Waals surface area contributed by atoms with Gasteiger partial charge in [0.05, 0.1) is 16.1 Å². The Kier molecular flexibility index (Phi) is 3.43. The lowest BCUT2D eigenvalue weighted by Crippen LogP contribution is -2.41. The highest BCUT2D eigenvalue weighted by Crippen LogP contribution is 2.37. The molecule has 1 aromatic carbocycles. The van der Waals surface area contributed by atoms with Crippen molar-refractivity contribution in [3.63, 3.8) is 0 Å². The number of hydrogen-bond donors (Lipinski definition) is 0. The highest BCUT2D eigenvalue weighted by Gasteiger charge is 2.52. The first kappa shape index (κ1) is 15.0. The maximum absolute atomic E-state index is 11.0. The van der Waals surface area contributed by atoms with Crippen LogP contribution in [0, 0.1) is 24.0 Å². The van der Waals surface area contributed by atoms with Crippen molar-refractivity contribution < 1.29 is 14.2 Å². The van der Waals surface area contributed by atoms with Gasteiger partial charge < -0.3 is 9.31 Å². The van der Waals surface area contributed by atoms with E-state index in [4.69, 9.17) is 9.31 Å². The van der Waals surface area contributed by atoms with Gasteiger partial charge in [-0.25, -0.2) is 0 Å². The molecule has 1 aromatic rings. The zero-order valence-electron chi connectivity index (χ0n) is 12.8. The van der Waals surface area contributed by atoms with E-state index >= 15 is 0 Å². The van der Waals surface area contributed by atoms with Crippen molar-refractivity contribution in [2.24, 2.45) is 0 Å². The molecule has 0 unspecified atom stereocenters. The molecule has 1 saturated heterocycles. The van der Waals surface area contributed by atoms with Gasteiger partial charge in [0.15, 0.2) is 0 Å². The molecule has 0 saturated carbocycles. The van der Waals surface area contributed by atoms with Crippen molar-refractivity contribution in [2.45, 2.75) is 52.7 Å². The molecule has 0 aromatic heterocycles. The minimum absolute atomic E-state index is 0.128. The molecule has 5 nitrogen and oxygen atoms in total. The summed E-state index contributed by atoms with van der Waals surface area (Å²) < 4.78 is 12.0. The Balaban J connectivity index is 2.41. The first-order valence-corrected chi connectivity index (χ1v) is 6.66. The zero-order chi connectivity index (χ0) is 15.3. The molecule has 1 aliphatic rings. The molecule has 0 spiro atoms. The van der Waals surface area contributed by atoms with Crippen LogP contribution < -0.4 is 5.46 Å². The van der Waals surface area contributed by atoms with Crippen molar-refractivity contribution in [1.29, 1.82) is 0 Å². The van der Waals surface area contributed by atoms with Crippen molar-refractivity contribution in [1.82, 2.24) is 0 Å². The molecule has 20 heavy (non-hydrogen) atoms. The molecule has 1 fully saturated rings. The monoisotopic (exact) mass is 277 g/mol. The third-order valence-electron chi connectivity index (χ3n) is 4.29. The van der Waals surface area contributed by atoms with Gasteiger partial charge in [-0.3, -0.25) is 10.1 Å². The van der Waals surface area contributed by atoms with E-state index in [1.54, 1.807) is 19.1 Å². The lowest BCUT2D eigenvalue weighted by Gasteiger charge is -2.32. The van der Waals surface area contributed by atoms with Crippen LogP contribution in [0.4, 0.5) is 5.69 Å². The van der Waals surface area contributed by atoms with Crippen LogP contribution >= 0.6 is 0 Å². The topological polar surface area (TPSA) is 61.6 Å². The van der Waals surface area contributed by atoms with Gasteiger partial charge in [0, 0.05) is 11.6 Å². The molecule has 0 N–H and O–H groups in total. The highest BCUT2D eigenvalue weighted by molar-refractivity contribution is 6.62. The number of nitrogens with zero attached hydrogens (tertiary/aromatic N) is 1. The summed E-state index contributed by atoms with van der Waals surface area (Å²) >= 11 is 0. The number of nitro benzene ring substituents is 1. The standard InChI is InChI=1S/C14H20BNO4/c1-9-8-12(16(17)18)10(2)7-11(9)15-19-13(3,4)14(5,6)20-15/h7-8H,1-6H3. The first-order chi connectivity index (χ1) is 9.05. The first-order valence-electron chi connectivity index (χ1n) is 6.66. The molecule has 0 radical (unpaired) electrons. The Morgan fingerprint density at radius 2 is 1.55 bits per heavy atom. The molecule has 0 aliphatic carbocycles. The van der Waals surface area contributed by atoms with Gasteiger partial charge >= 0.3 is 7.12 Å². The minimum Gasteiger partial charge on any atom is -0.399 e. The molecule has 0 bridgehead atoms. The quantitative estimate of drug-likeness (QED) is 0.473. The van der Waals surface area contributed by atoms with Crippen LogP contribution in [0.3, 0.4) is 0 Å². The van der Waals surface area contributed by atoms with E-state index in [1.807, 2.05) is 34.6 Å². The number of hydrogen-bond acceptors (Lipinski definition) is 4. The number of nitro groups is 1. The van der Waals surface area contributed by atoms with Crippen LogP contribution in [0.25, 0.3) is 0 Å². The molecule has 1 heterocycles. The summed E-state index contributed by atoms with van der Waals surface area (Å²) in [6, 6.07) is 3.37. The predicted molar refractivity (Wildman–Crippen MR) is 78.3 cm³/mol. The second kappa shape index (κ2) is 4.57. The zero-order valence-corrected chi connectivity index (χ0v) is 12.8. The van der Waals surface area contributed by atoms with Gasteiger partial charge in [0.2, 0.25) is 0 Å². The minimum atomic E-state index is -0.487. The van der Waals surface area contributed by atoms with Gasteiger partial charge in [-0.2, -0.15) is 0 Å². The Bertz CT molecular complexity index is 553. The molecule has 0 amide bonds. The molecular formula is C14H20BNO4. The normalized spacial score (nSPS) is 20.2. The van der Waals surface area contributed by atoms with Crippen LogP contribution in [-0.4, -0.2) is 23.2 Å². The largest absolute Gasteiger partial charge is 0.495 e. The third-order valence-corrected chi connectivity index (χ3v) is 4.29. The van der Waals surface area contributed by atoms with Crippen LogP contribution in [0.15, 0.2) is 12.1 Å². The molecular weight excluding hydrogens is 257 g/mol. The summed E-state index contributed by atoms with van der Waals surface area (Å²) in [5, 5.41) is 11.0. The van der Waals surface area contributed by atoms with Crippen LogP contribution in [0.1, 0.15) is 38.8 Å². The van der Waals surface area contributed by atoms with Gasteiger partial charge in [-0.1, -0.05) is 6.07 Å². The predicted octanol–water partition coefficient (Wildman–Crippen LogP) is 2.51. The van der Waals surface area contributed by atoms with Crippen molar-refractivity contribution in [3.8, 4) is 0 Å². The maximum atomic E-state index is 11.0. The van der Waals surface area contributed by atoms with E-state index in [0.717, 1.165) is 11.0 Å². The van der Waals surface area contributed by atoms with E-state index in [2.05, 4.69) is 0 Å². The van der Waals surface area contributed by atoms with Gasteiger partial charge in [-0.15, -0.1) is 0 Å². The fourth-order valence-corrected chi connectivity index (χ4v) is 2.24. The Hall–Kier alpha value is -1.40. The summed E-state index contributed by atoms with van der Waals surface area (Å²) in [4.78, 5) is 10.6. The van der Waals surface area contributed by atoms with E-state index in [9.17, 15) is 10.1 Å². The lowest BCUT2D eigenvalue weighted by molar-refractivity contribution is -0.385. The molecule has 2 rings (SSSR count). The third kappa shape index (κ3) is 2.34. The highest BCUT2D eigenvalue weighted by atomic mass is 16.7. The van der Waals surface area contributed by atoms with E-state index in [1.165, 1.54) is 0 Å². The number of benzene rings is 1. The summed E-state index contributed by atoms with van der Waals surface area (Å²) in [6.07, 6.45) is 0. The van der Waals surface area contributed by atoms with Gasteiger partial charge in [0.25, 0.3) is 5.69 Å². The Morgan fingerprint density at radius 1 is 1.05 bits per heavy atom. The maximum Gasteiger partial charge on any atom is 0.495 e. The molecule has 108 valence electrons. The average Bonchev–Trinajstić information content (AvgIpc) is 2.50. The Morgan fingerprint density at radius 3 is 2.00 bits per heavy atom. The van der Waals surface area contributed by atoms with Crippen LogP contribution in [0.5, 0.6) is 0 Å². The van der Waals surface area contributed by atoms with Crippen molar-refractivity contribution >= 4 is 18.3 Å². The van der Waals surface area contributed by atoms with E-state index < -0.39 is 18.3 Å². The summed E-state index contributed by atoms with van der Waals surface area (Å²) in [6.45, 7) is 11.5. The fourth-order valence-electron chi connectivity index (χ4n) is 2.24. The van der Waals surface area contributed by atoms with Gasteiger partial charge in [-0.05, 0) is 52.6 Å². The molecule has 0 atom stereocenters. The number of aryl methyl sites for hydroxylation is 2. The molecule has 6 heteroatoms. The molecule has 1 aliphatic heterocycles. The Labute approximate surface area is 119 Å². The van der Waals surface area contributed by atoms with Gasteiger partial charge in [0.1, 0.15) is 0 Å².